The van der Waals surface area contributed by atoms with Gasteiger partial charge in [-0.3, -0.25) is 0 Å². The average Bonchev–Trinajstić information content (AvgIpc) is 3.07. The van der Waals surface area contributed by atoms with Crippen LogP contribution in [0.5, 0.6) is 0 Å². The van der Waals surface area contributed by atoms with E-state index >= 15 is 0 Å². The number of alkyl halides is 3. The molecule has 0 unspecified atom stereocenters. The Morgan fingerprint density at radius 1 is 1.22 bits per heavy atom. The van der Waals surface area contributed by atoms with E-state index in [0.29, 0.717) is 5.56 Å². The summed E-state index contributed by atoms with van der Waals surface area (Å²) in [4.78, 5) is 10.3. The first-order chi connectivity index (χ1) is 8.35. The summed E-state index contributed by atoms with van der Waals surface area (Å²) in [5, 5.41) is 14.5. The Hall–Kier alpha value is -2.18. The first kappa shape index (κ1) is 12.3. The molecule has 0 saturated carbocycles. The van der Waals surface area contributed by atoms with E-state index < -0.39 is 17.8 Å². The topological polar surface area (TPSA) is 62.0 Å². The van der Waals surface area contributed by atoms with Crippen LogP contribution >= 0.6 is 0 Å². The van der Waals surface area contributed by atoms with Gasteiger partial charge in [0.25, 0.3) is 0 Å². The molecule has 0 atom stereocenters. The van der Waals surface area contributed by atoms with Crippen molar-refractivity contribution in [3.8, 4) is 0 Å². The Balaban J connectivity index is 2.21. The Morgan fingerprint density at radius 3 is 2.17 bits per heavy atom. The van der Waals surface area contributed by atoms with Crippen LogP contribution in [0, 0.1) is 0 Å². The van der Waals surface area contributed by atoms with Crippen molar-refractivity contribution in [2.45, 2.75) is 11.8 Å². The number of halogens is 3. The van der Waals surface area contributed by atoms with Gasteiger partial charge in [0.05, 0.1) is 0 Å². The summed E-state index contributed by atoms with van der Waals surface area (Å²) in [7, 11) is 0. The lowest BCUT2D eigenvalue weighted by Gasteiger charge is -2.14. The minimum atomic E-state index is -4.55. The quantitative estimate of drug-likeness (QED) is 0.845. The van der Waals surface area contributed by atoms with Gasteiger partial charge in [-0.1, -0.05) is 24.3 Å². The van der Waals surface area contributed by atoms with Crippen LogP contribution in [-0.2, 0) is 10.5 Å². The molecule has 2 rings (SSSR count). The van der Waals surface area contributed by atoms with Gasteiger partial charge in [0.1, 0.15) is 0 Å². The fourth-order valence-electron chi connectivity index (χ4n) is 1.44. The standard InChI is InChI=1S/C11H7F3N2O2/c12-11(13,14)10(15-16-10)8-4-1-7(2-5-8)3-6-9(17)18/h1-6H,(H,17,18)/b6-3+. The van der Waals surface area contributed by atoms with Gasteiger partial charge >= 0.3 is 17.8 Å². The number of hydrogen-bond donors (Lipinski definition) is 1. The maximum absolute atomic E-state index is 12.7. The van der Waals surface area contributed by atoms with Crippen molar-refractivity contribution < 1.29 is 23.1 Å². The minimum Gasteiger partial charge on any atom is -0.478 e. The largest absolute Gasteiger partial charge is 0.478 e. The molecule has 0 aromatic heterocycles. The highest BCUT2D eigenvalue weighted by Crippen LogP contribution is 2.52. The molecule has 0 fully saturated rings. The zero-order valence-corrected chi connectivity index (χ0v) is 8.85. The van der Waals surface area contributed by atoms with E-state index in [9.17, 15) is 18.0 Å². The summed E-state index contributed by atoms with van der Waals surface area (Å²) in [5.41, 5.74) is -2.02. The van der Waals surface area contributed by atoms with E-state index in [1.54, 1.807) is 0 Å². The van der Waals surface area contributed by atoms with E-state index in [2.05, 4.69) is 10.2 Å². The van der Waals surface area contributed by atoms with Crippen LogP contribution in [0.3, 0.4) is 0 Å². The SMILES string of the molecule is O=C(O)/C=C/c1ccc(C2(C(F)(F)F)N=N2)cc1. The first-order valence-electron chi connectivity index (χ1n) is 4.87. The lowest BCUT2D eigenvalue weighted by atomic mass is 10.0. The van der Waals surface area contributed by atoms with Gasteiger partial charge in [-0.25, -0.2) is 4.79 Å². The minimum absolute atomic E-state index is 0.0810. The molecule has 1 aliphatic heterocycles. The predicted molar refractivity (Wildman–Crippen MR) is 55.7 cm³/mol. The van der Waals surface area contributed by atoms with E-state index in [1.807, 2.05) is 0 Å². The van der Waals surface area contributed by atoms with E-state index in [1.165, 1.54) is 30.3 Å². The van der Waals surface area contributed by atoms with Crippen LogP contribution in [0.2, 0.25) is 0 Å². The van der Waals surface area contributed by atoms with Gasteiger partial charge in [-0.15, -0.1) is 10.2 Å². The second-order valence-corrected chi connectivity index (χ2v) is 3.66. The highest BCUT2D eigenvalue weighted by molar-refractivity contribution is 5.85. The molecule has 1 aromatic carbocycles. The molecule has 0 spiro atoms. The summed E-state index contributed by atoms with van der Waals surface area (Å²) in [5.74, 6) is -1.13. The molecule has 7 heteroatoms. The number of carboxylic acids is 1. The normalized spacial score (nSPS) is 17.1. The zero-order valence-electron chi connectivity index (χ0n) is 8.85. The zero-order chi connectivity index (χ0) is 13.4. The maximum Gasteiger partial charge on any atom is 0.442 e. The summed E-state index contributed by atoms with van der Waals surface area (Å²) in [6.45, 7) is 0. The molecule has 4 nitrogen and oxygen atoms in total. The van der Waals surface area contributed by atoms with Crippen molar-refractivity contribution in [2.24, 2.45) is 10.2 Å². The fourth-order valence-corrected chi connectivity index (χ4v) is 1.44. The van der Waals surface area contributed by atoms with Crippen molar-refractivity contribution in [1.82, 2.24) is 0 Å². The Morgan fingerprint density at radius 2 is 1.78 bits per heavy atom. The molecule has 18 heavy (non-hydrogen) atoms. The molecule has 1 N–H and O–H groups in total. The number of carboxylic acid groups (broad SMARTS) is 1. The van der Waals surface area contributed by atoms with Crippen LogP contribution in [0.15, 0.2) is 40.6 Å². The first-order valence-corrected chi connectivity index (χ1v) is 4.87. The van der Waals surface area contributed by atoms with Gasteiger partial charge < -0.3 is 5.11 Å². The summed E-state index contributed by atoms with van der Waals surface area (Å²) in [6.07, 6.45) is -2.36. The molecule has 1 aliphatic rings. The smallest absolute Gasteiger partial charge is 0.442 e. The van der Waals surface area contributed by atoms with Crippen molar-refractivity contribution in [1.29, 1.82) is 0 Å². The van der Waals surface area contributed by atoms with E-state index in [4.69, 9.17) is 5.11 Å². The van der Waals surface area contributed by atoms with Crippen molar-refractivity contribution in [3.05, 3.63) is 41.5 Å². The fraction of sp³-hybridized carbons (Fsp3) is 0.182. The van der Waals surface area contributed by atoms with Gasteiger partial charge in [0.2, 0.25) is 0 Å². The van der Waals surface area contributed by atoms with Crippen molar-refractivity contribution in [3.63, 3.8) is 0 Å². The second-order valence-electron chi connectivity index (χ2n) is 3.66. The van der Waals surface area contributed by atoms with Gasteiger partial charge in [0, 0.05) is 11.6 Å². The highest BCUT2D eigenvalue weighted by Gasteiger charge is 2.65. The second kappa shape index (κ2) is 3.94. The maximum atomic E-state index is 12.7. The molecule has 0 bridgehead atoms. The van der Waals surface area contributed by atoms with E-state index in [0.717, 1.165) is 6.08 Å². The monoisotopic (exact) mass is 256 g/mol. The van der Waals surface area contributed by atoms with Gasteiger partial charge in [-0.2, -0.15) is 13.2 Å². The average molecular weight is 256 g/mol. The number of aliphatic carboxylic acids is 1. The van der Waals surface area contributed by atoms with Gasteiger partial charge in [0.15, 0.2) is 0 Å². The summed E-state index contributed by atoms with van der Waals surface area (Å²) < 4.78 is 38.0. The molecule has 0 saturated heterocycles. The number of benzene rings is 1. The molecular weight excluding hydrogens is 249 g/mol. The van der Waals surface area contributed by atoms with Crippen LogP contribution in [-0.4, -0.2) is 17.3 Å². The van der Waals surface area contributed by atoms with Crippen molar-refractivity contribution >= 4 is 12.0 Å². The lowest BCUT2D eigenvalue weighted by molar-refractivity contribution is -0.166. The molecule has 0 amide bonds. The third-order valence-electron chi connectivity index (χ3n) is 2.43. The Labute approximate surface area is 99.5 Å². The van der Waals surface area contributed by atoms with Crippen LogP contribution < -0.4 is 0 Å². The number of rotatable bonds is 3. The molecule has 94 valence electrons. The lowest BCUT2D eigenvalue weighted by Crippen LogP contribution is -2.29. The van der Waals surface area contributed by atoms with Gasteiger partial charge in [-0.05, 0) is 11.6 Å². The Kier molecular flexibility index (Phi) is 2.68. The van der Waals surface area contributed by atoms with E-state index in [-0.39, 0.29) is 5.56 Å². The molecule has 0 radical (unpaired) electrons. The third-order valence-corrected chi connectivity index (χ3v) is 2.43. The Bertz CT molecular complexity index is 526. The molecule has 1 aromatic rings. The number of nitrogens with zero attached hydrogens (tertiary/aromatic N) is 2. The molecule has 1 heterocycles. The van der Waals surface area contributed by atoms with Crippen LogP contribution in [0.4, 0.5) is 13.2 Å². The summed E-state index contributed by atoms with van der Waals surface area (Å²) >= 11 is 0. The van der Waals surface area contributed by atoms with Crippen LogP contribution in [0.1, 0.15) is 11.1 Å². The number of carbonyl (C=O) groups is 1. The summed E-state index contributed by atoms with van der Waals surface area (Å²) in [6, 6.07) is 5.22. The predicted octanol–water partition coefficient (Wildman–Crippen LogP) is 2.97. The van der Waals surface area contributed by atoms with Crippen LogP contribution in [0.25, 0.3) is 6.08 Å². The number of hydrogen-bond acceptors (Lipinski definition) is 3. The third kappa shape index (κ3) is 2.11. The van der Waals surface area contributed by atoms with Crippen molar-refractivity contribution in [2.75, 3.05) is 0 Å². The molecule has 0 aliphatic carbocycles. The highest BCUT2D eigenvalue weighted by atomic mass is 19.4. The molecular formula is C11H7F3N2O2.